The van der Waals surface area contributed by atoms with Gasteiger partial charge in [-0.1, -0.05) is 54.3 Å². The summed E-state index contributed by atoms with van der Waals surface area (Å²) in [5, 5.41) is 21.1. The number of amides is 1. The van der Waals surface area contributed by atoms with E-state index in [0.29, 0.717) is 78.2 Å². The molecule has 1 N–H and O–H groups in total. The van der Waals surface area contributed by atoms with E-state index < -0.39 is 0 Å². The molecule has 0 aliphatic carbocycles. The van der Waals surface area contributed by atoms with Crippen molar-refractivity contribution >= 4 is 51.0 Å². The van der Waals surface area contributed by atoms with Crippen LogP contribution in [0.3, 0.4) is 0 Å². The van der Waals surface area contributed by atoms with Gasteiger partial charge in [0.25, 0.3) is 5.91 Å². The van der Waals surface area contributed by atoms with Crippen LogP contribution >= 0.6 is 11.3 Å². The van der Waals surface area contributed by atoms with E-state index in [-0.39, 0.29) is 24.5 Å². The first-order valence-electron chi connectivity index (χ1n) is 25.4. The van der Waals surface area contributed by atoms with E-state index in [1.807, 2.05) is 89.6 Å². The molecule has 384 valence electrons. The minimum atomic E-state index is -0.146. The van der Waals surface area contributed by atoms with Gasteiger partial charge in [0.15, 0.2) is 0 Å². The first-order valence-corrected chi connectivity index (χ1v) is 26.3. The molecule has 9 rings (SSSR count). The summed E-state index contributed by atoms with van der Waals surface area (Å²) in [6.07, 6.45) is 12.0. The second-order valence-corrected chi connectivity index (χ2v) is 19.2. The number of para-hydroxylation sites is 1. The number of nitrogens with one attached hydrogen (secondary N) is 1. The molecule has 8 aromatic rings. The van der Waals surface area contributed by atoms with Crippen molar-refractivity contribution < 1.29 is 33.3 Å². The highest BCUT2D eigenvalue weighted by Gasteiger charge is 2.22. The van der Waals surface area contributed by atoms with Gasteiger partial charge in [-0.3, -0.25) is 14.2 Å². The maximum atomic E-state index is 13.2. The van der Waals surface area contributed by atoms with Crippen LogP contribution < -0.4 is 10.1 Å². The van der Waals surface area contributed by atoms with Crippen LogP contribution in [0.1, 0.15) is 53.4 Å². The van der Waals surface area contributed by atoms with Gasteiger partial charge in [-0.2, -0.15) is 5.10 Å². The summed E-state index contributed by atoms with van der Waals surface area (Å²) in [6.45, 7) is 14.7. The van der Waals surface area contributed by atoms with Gasteiger partial charge in [-0.25, -0.2) is 9.36 Å². The Labute approximate surface area is 435 Å². The average molecular weight is 1020 g/mol. The Balaban J connectivity index is 0.625. The van der Waals surface area contributed by atoms with Crippen LogP contribution in [-0.4, -0.2) is 118 Å². The molecule has 1 aliphatic rings. The molecule has 0 radical (unpaired) electrons. The standard InChI is InChI=1S/C58H64N8O7S/c1-4-56(67)66-52-20-15-44(36-51(52)50-19-16-45(37-53(50)66)55-14-10-34-74-55)38-59-23-26-69-28-30-71-32-33-72-31-29-70-27-25-63-40-48(60-62-63)41-73-54-21-17-46(35-42(54)2)58-47(39-65(61-58)49-12-6-5-7-13-49)18-22-57(68)64-24-9-8-11-43(64)3/h4-7,10,12-22,34-37,39-40,43,59H,1,8-9,11,23-33,38,41H2,2-3H3/b22-18+. The summed E-state index contributed by atoms with van der Waals surface area (Å²) in [5.74, 6) is 0.622. The molecule has 0 saturated carbocycles. The predicted molar refractivity (Wildman–Crippen MR) is 291 cm³/mol. The number of benzene rings is 4. The minimum absolute atomic E-state index is 0.0303. The lowest BCUT2D eigenvalue weighted by Gasteiger charge is -2.32. The summed E-state index contributed by atoms with van der Waals surface area (Å²) in [4.78, 5) is 29.3. The molecular weight excluding hydrogens is 953 g/mol. The number of hydrogen-bond donors (Lipinski definition) is 1. The van der Waals surface area contributed by atoms with Gasteiger partial charge in [0.05, 0.1) is 88.0 Å². The quantitative estimate of drug-likeness (QED) is 0.0408. The molecule has 15 nitrogen and oxygen atoms in total. The van der Waals surface area contributed by atoms with Gasteiger partial charge in [0.2, 0.25) is 5.91 Å². The Kier molecular flexibility index (Phi) is 18.0. The summed E-state index contributed by atoms with van der Waals surface area (Å²) >= 11 is 1.68. The van der Waals surface area contributed by atoms with Crippen molar-refractivity contribution in [3.8, 4) is 33.1 Å². The molecule has 1 atom stereocenters. The number of ether oxygens (including phenoxy) is 5. The molecule has 1 aliphatic heterocycles. The third-order valence-corrected chi connectivity index (χ3v) is 13.9. The van der Waals surface area contributed by atoms with Crippen LogP contribution in [0.2, 0.25) is 0 Å². The molecular formula is C58H64N8O7S. The van der Waals surface area contributed by atoms with E-state index in [4.69, 9.17) is 28.8 Å². The Hall–Kier alpha value is -7.05. The summed E-state index contributed by atoms with van der Waals surface area (Å²) in [6, 6.07) is 32.9. The maximum Gasteiger partial charge on any atom is 0.254 e. The lowest BCUT2D eigenvalue weighted by atomic mass is 10.0. The highest BCUT2D eigenvalue weighted by Crippen LogP contribution is 2.35. The number of allylic oxidation sites excluding steroid dienone is 1. The van der Waals surface area contributed by atoms with E-state index in [0.717, 1.165) is 97.4 Å². The Morgan fingerprint density at radius 3 is 2.34 bits per heavy atom. The van der Waals surface area contributed by atoms with Crippen LogP contribution in [0, 0.1) is 6.92 Å². The lowest BCUT2D eigenvalue weighted by molar-refractivity contribution is -0.129. The molecule has 5 heterocycles. The van der Waals surface area contributed by atoms with Crippen LogP contribution in [0.5, 0.6) is 5.75 Å². The number of carbonyl (C=O) groups excluding carboxylic acids is 2. The van der Waals surface area contributed by atoms with E-state index in [1.54, 1.807) is 26.7 Å². The number of likely N-dealkylation sites (tertiary alicyclic amines) is 1. The molecule has 16 heteroatoms. The van der Waals surface area contributed by atoms with E-state index in [2.05, 4.69) is 77.0 Å². The number of piperidine rings is 1. The molecule has 74 heavy (non-hydrogen) atoms. The zero-order valence-electron chi connectivity index (χ0n) is 42.2. The normalized spacial score (nSPS) is 13.9. The van der Waals surface area contributed by atoms with Crippen LogP contribution in [0.4, 0.5) is 0 Å². The van der Waals surface area contributed by atoms with Crippen molar-refractivity contribution in [1.29, 1.82) is 0 Å². The smallest absolute Gasteiger partial charge is 0.254 e. The average Bonchev–Trinajstić information content (AvgIpc) is 4.27. The van der Waals surface area contributed by atoms with Crippen molar-refractivity contribution in [3.63, 3.8) is 0 Å². The Morgan fingerprint density at radius 1 is 0.797 bits per heavy atom. The Bertz CT molecular complexity index is 3160. The third kappa shape index (κ3) is 13.2. The molecule has 4 aromatic carbocycles. The predicted octanol–water partition coefficient (Wildman–Crippen LogP) is 9.95. The van der Waals surface area contributed by atoms with Crippen molar-refractivity contribution in [2.24, 2.45) is 0 Å². The number of fused-ring (bicyclic) bond motifs is 3. The largest absolute Gasteiger partial charge is 0.487 e. The van der Waals surface area contributed by atoms with E-state index >= 15 is 0 Å². The van der Waals surface area contributed by atoms with Crippen LogP contribution in [-0.2, 0) is 43.4 Å². The zero-order valence-corrected chi connectivity index (χ0v) is 43.0. The summed E-state index contributed by atoms with van der Waals surface area (Å²) in [5.41, 5.74) is 9.13. The molecule has 1 amide bonds. The maximum absolute atomic E-state index is 13.2. The second-order valence-electron chi connectivity index (χ2n) is 18.2. The third-order valence-electron chi connectivity index (χ3n) is 13.0. The van der Waals surface area contributed by atoms with Crippen molar-refractivity contribution in [1.82, 2.24) is 39.6 Å². The monoisotopic (exact) mass is 1020 g/mol. The highest BCUT2D eigenvalue weighted by molar-refractivity contribution is 7.13. The fourth-order valence-electron chi connectivity index (χ4n) is 9.15. The first kappa shape index (κ1) is 51.8. The van der Waals surface area contributed by atoms with Crippen molar-refractivity contribution in [2.75, 3.05) is 65.9 Å². The molecule has 1 unspecified atom stereocenters. The van der Waals surface area contributed by atoms with E-state index in [1.165, 1.54) is 6.08 Å². The van der Waals surface area contributed by atoms with Crippen molar-refractivity contribution in [3.05, 3.63) is 156 Å². The molecule has 0 bridgehead atoms. The van der Waals surface area contributed by atoms with Crippen LogP contribution in [0.15, 0.2) is 134 Å². The van der Waals surface area contributed by atoms with Gasteiger partial charge < -0.3 is 33.9 Å². The first-order chi connectivity index (χ1) is 36.3. The molecule has 4 aromatic heterocycles. The number of aryl methyl sites for hydroxylation is 1. The number of aromatic nitrogens is 6. The zero-order chi connectivity index (χ0) is 51.1. The van der Waals surface area contributed by atoms with Gasteiger partial charge in [-0.05, 0) is 122 Å². The SMILES string of the molecule is C=CC(=O)n1c2ccc(CNCCOCCOCCOCCOCCn3cc(COc4ccc(-c5nn(-c6ccccc6)cc5/C=C/C(=O)N5CCCCC5C)cc4C)nn3)cc2c2ccc(-c3cccs3)cc21. The Morgan fingerprint density at radius 2 is 1.58 bits per heavy atom. The molecule has 1 saturated heterocycles. The lowest BCUT2D eigenvalue weighted by Crippen LogP contribution is -2.41. The molecule has 1 fully saturated rings. The fourth-order valence-corrected chi connectivity index (χ4v) is 9.88. The highest BCUT2D eigenvalue weighted by atomic mass is 32.1. The number of hydrogen-bond acceptors (Lipinski definition) is 12. The summed E-state index contributed by atoms with van der Waals surface area (Å²) in [7, 11) is 0. The van der Waals surface area contributed by atoms with E-state index in [9.17, 15) is 9.59 Å². The molecule has 0 spiro atoms. The van der Waals surface area contributed by atoms with Gasteiger partial charge >= 0.3 is 0 Å². The fraction of sp³-hybridized carbons (Fsp3) is 0.328. The number of nitrogens with zero attached hydrogens (tertiary/aromatic N) is 7. The minimum Gasteiger partial charge on any atom is -0.487 e. The van der Waals surface area contributed by atoms with Crippen molar-refractivity contribution in [2.45, 2.75) is 58.8 Å². The number of carbonyl (C=O) groups is 2. The number of thiophene rings is 1. The van der Waals surface area contributed by atoms with Gasteiger partial charge in [-0.15, -0.1) is 16.4 Å². The number of rotatable bonds is 26. The van der Waals surface area contributed by atoms with Gasteiger partial charge in [0, 0.05) is 64.7 Å². The van der Waals surface area contributed by atoms with Crippen LogP contribution in [0.25, 0.3) is 55.3 Å². The second kappa shape index (κ2) is 25.7. The summed E-state index contributed by atoms with van der Waals surface area (Å²) < 4.78 is 34.4. The van der Waals surface area contributed by atoms with Gasteiger partial charge in [0.1, 0.15) is 18.1 Å². The topological polar surface area (TPSA) is 149 Å².